The van der Waals surface area contributed by atoms with Crippen molar-refractivity contribution < 1.29 is 27.5 Å². The molecule has 0 fully saturated rings. The lowest BCUT2D eigenvalue weighted by molar-refractivity contribution is -0.140. The van der Waals surface area contributed by atoms with Crippen molar-refractivity contribution in [2.24, 2.45) is 5.92 Å². The number of benzene rings is 3. The SMILES string of the molecule is CC[C@@H](C(=O)NCC(C)C)N(Cc1ccccc1Cl)C(=O)CN(c1ccc(OC)c(OC)c1)S(=O)(=O)c1ccccc1. The maximum Gasteiger partial charge on any atom is 0.264 e. The minimum absolute atomic E-state index is 0.00644. The molecule has 11 heteroatoms. The van der Waals surface area contributed by atoms with Crippen LogP contribution < -0.4 is 19.1 Å². The van der Waals surface area contributed by atoms with E-state index in [-0.39, 0.29) is 29.0 Å². The third-order valence-electron chi connectivity index (χ3n) is 6.63. The van der Waals surface area contributed by atoms with Gasteiger partial charge in [0.25, 0.3) is 10.0 Å². The topological polar surface area (TPSA) is 105 Å². The van der Waals surface area contributed by atoms with E-state index in [0.717, 1.165) is 4.31 Å². The Kier molecular flexibility index (Phi) is 11.6. The van der Waals surface area contributed by atoms with Gasteiger partial charge in [-0.1, -0.05) is 68.8 Å². The first-order valence-corrected chi connectivity index (χ1v) is 15.5. The van der Waals surface area contributed by atoms with Crippen LogP contribution in [0.5, 0.6) is 11.5 Å². The van der Waals surface area contributed by atoms with E-state index in [1.54, 1.807) is 61.5 Å². The monoisotopic (exact) mass is 615 g/mol. The van der Waals surface area contributed by atoms with Crippen LogP contribution in [0.25, 0.3) is 0 Å². The Morgan fingerprint density at radius 3 is 2.17 bits per heavy atom. The number of carbonyl (C=O) groups excluding carboxylic acids is 2. The fraction of sp³-hybridized carbons (Fsp3) is 0.355. The fourth-order valence-corrected chi connectivity index (χ4v) is 6.00. The second kappa shape index (κ2) is 14.9. The molecule has 1 atom stereocenters. The molecule has 3 rings (SSSR count). The van der Waals surface area contributed by atoms with Gasteiger partial charge in [0.15, 0.2) is 11.5 Å². The molecule has 0 aliphatic rings. The standard InChI is InChI=1S/C31H38ClN3O6S/c1-6-27(31(37)33-19-22(2)3)34(20-23-12-10-11-15-26(23)32)30(36)21-35(42(38,39)25-13-8-7-9-14-25)24-16-17-28(40-4)29(18-24)41-5/h7-18,22,27H,6,19-21H2,1-5H3,(H,33,37)/t27-/m0/s1. The number of carbonyl (C=O) groups is 2. The molecule has 0 heterocycles. The molecule has 226 valence electrons. The molecule has 0 radical (unpaired) electrons. The molecule has 3 aromatic carbocycles. The van der Waals surface area contributed by atoms with Gasteiger partial charge in [0, 0.05) is 24.2 Å². The van der Waals surface area contributed by atoms with E-state index >= 15 is 0 Å². The highest BCUT2D eigenvalue weighted by molar-refractivity contribution is 7.92. The molecule has 0 saturated carbocycles. The largest absolute Gasteiger partial charge is 0.493 e. The number of nitrogens with zero attached hydrogens (tertiary/aromatic N) is 2. The molecular formula is C31H38ClN3O6S. The molecule has 0 unspecified atom stereocenters. The Morgan fingerprint density at radius 2 is 1.57 bits per heavy atom. The van der Waals surface area contributed by atoms with Crippen LogP contribution in [0.1, 0.15) is 32.8 Å². The first kappa shape index (κ1) is 32.8. The lowest BCUT2D eigenvalue weighted by Crippen LogP contribution is -2.52. The summed E-state index contributed by atoms with van der Waals surface area (Å²) in [5, 5.41) is 3.34. The predicted octanol–water partition coefficient (Wildman–Crippen LogP) is 5.13. The number of rotatable bonds is 14. The van der Waals surface area contributed by atoms with Gasteiger partial charge in [-0.15, -0.1) is 0 Å². The Morgan fingerprint density at radius 1 is 0.929 bits per heavy atom. The highest BCUT2D eigenvalue weighted by atomic mass is 35.5. The van der Waals surface area contributed by atoms with Crippen molar-refractivity contribution in [3.63, 3.8) is 0 Å². The van der Waals surface area contributed by atoms with E-state index in [2.05, 4.69) is 5.32 Å². The van der Waals surface area contributed by atoms with Crippen molar-refractivity contribution in [3.05, 3.63) is 83.4 Å². The lowest BCUT2D eigenvalue weighted by atomic mass is 10.1. The lowest BCUT2D eigenvalue weighted by Gasteiger charge is -2.33. The van der Waals surface area contributed by atoms with Gasteiger partial charge in [-0.25, -0.2) is 8.42 Å². The van der Waals surface area contributed by atoms with Crippen molar-refractivity contribution in [3.8, 4) is 11.5 Å². The van der Waals surface area contributed by atoms with E-state index in [4.69, 9.17) is 21.1 Å². The maximum absolute atomic E-state index is 14.2. The smallest absolute Gasteiger partial charge is 0.264 e. The van der Waals surface area contributed by atoms with Gasteiger partial charge in [0.05, 0.1) is 24.8 Å². The van der Waals surface area contributed by atoms with E-state index in [1.165, 1.54) is 37.3 Å². The molecule has 0 bridgehead atoms. The van der Waals surface area contributed by atoms with Crippen molar-refractivity contribution in [1.29, 1.82) is 0 Å². The number of sulfonamides is 1. The molecular weight excluding hydrogens is 578 g/mol. The average molecular weight is 616 g/mol. The maximum atomic E-state index is 14.2. The minimum atomic E-state index is -4.22. The number of hydrogen-bond acceptors (Lipinski definition) is 6. The normalized spacial score (nSPS) is 12.0. The first-order chi connectivity index (χ1) is 20.0. The van der Waals surface area contributed by atoms with E-state index in [0.29, 0.717) is 35.1 Å². The third kappa shape index (κ3) is 7.95. The molecule has 9 nitrogen and oxygen atoms in total. The van der Waals surface area contributed by atoms with E-state index in [1.807, 2.05) is 13.8 Å². The van der Waals surface area contributed by atoms with Crippen LogP contribution in [0, 0.1) is 5.92 Å². The molecule has 0 aromatic heterocycles. The highest BCUT2D eigenvalue weighted by Crippen LogP contribution is 2.34. The molecule has 42 heavy (non-hydrogen) atoms. The molecule has 0 aliphatic heterocycles. The Balaban J connectivity index is 2.10. The minimum Gasteiger partial charge on any atom is -0.493 e. The van der Waals surface area contributed by atoms with Crippen LogP contribution in [0.2, 0.25) is 5.02 Å². The quantitative estimate of drug-likeness (QED) is 0.270. The molecule has 1 N–H and O–H groups in total. The third-order valence-corrected chi connectivity index (χ3v) is 8.79. The number of halogens is 1. The number of amides is 2. The van der Waals surface area contributed by atoms with Gasteiger partial charge in [-0.2, -0.15) is 0 Å². The van der Waals surface area contributed by atoms with Crippen LogP contribution in [0.3, 0.4) is 0 Å². The zero-order valence-corrected chi connectivity index (χ0v) is 26.1. The number of ether oxygens (including phenoxy) is 2. The Bertz CT molecular complexity index is 1470. The van der Waals surface area contributed by atoms with Gasteiger partial charge in [0.1, 0.15) is 12.6 Å². The van der Waals surface area contributed by atoms with Gasteiger partial charge >= 0.3 is 0 Å². The summed E-state index contributed by atoms with van der Waals surface area (Å²) < 4.78 is 39.7. The molecule has 3 aromatic rings. The van der Waals surface area contributed by atoms with Crippen molar-refractivity contribution >= 4 is 39.1 Å². The van der Waals surface area contributed by atoms with Crippen LogP contribution >= 0.6 is 11.6 Å². The number of nitrogens with one attached hydrogen (secondary N) is 1. The van der Waals surface area contributed by atoms with Crippen LogP contribution in [-0.4, -0.2) is 58.5 Å². The zero-order valence-electron chi connectivity index (χ0n) is 24.5. The highest BCUT2D eigenvalue weighted by Gasteiger charge is 2.34. The summed E-state index contributed by atoms with van der Waals surface area (Å²) in [6, 6.07) is 18.6. The number of hydrogen-bond donors (Lipinski definition) is 1. The van der Waals surface area contributed by atoms with Gasteiger partial charge in [0.2, 0.25) is 11.8 Å². The second-order valence-electron chi connectivity index (χ2n) is 10.0. The van der Waals surface area contributed by atoms with E-state index < -0.39 is 28.5 Å². The summed E-state index contributed by atoms with van der Waals surface area (Å²) in [7, 11) is -1.31. The Hall–Kier alpha value is -3.76. The second-order valence-corrected chi connectivity index (χ2v) is 12.3. The summed E-state index contributed by atoms with van der Waals surface area (Å²) >= 11 is 6.45. The zero-order chi connectivity index (χ0) is 30.9. The van der Waals surface area contributed by atoms with Crippen LogP contribution in [-0.2, 0) is 26.2 Å². The fourth-order valence-electron chi connectivity index (χ4n) is 4.38. The average Bonchev–Trinajstić information content (AvgIpc) is 2.99. The number of methoxy groups -OCH3 is 2. The summed E-state index contributed by atoms with van der Waals surface area (Å²) in [5.41, 5.74) is 0.825. The molecule has 0 aliphatic carbocycles. The van der Waals surface area contributed by atoms with Crippen molar-refractivity contribution in [1.82, 2.24) is 10.2 Å². The summed E-state index contributed by atoms with van der Waals surface area (Å²) in [6.07, 6.45) is 0.307. The summed E-state index contributed by atoms with van der Waals surface area (Å²) in [5.74, 6) is 0.00247. The van der Waals surface area contributed by atoms with Crippen molar-refractivity contribution in [2.45, 2.75) is 44.7 Å². The Labute approximate surface area is 253 Å². The molecule has 0 spiro atoms. The predicted molar refractivity (Wildman–Crippen MR) is 164 cm³/mol. The van der Waals surface area contributed by atoms with Gasteiger partial charge in [-0.3, -0.25) is 13.9 Å². The summed E-state index contributed by atoms with van der Waals surface area (Å²) in [6.45, 7) is 5.62. The summed E-state index contributed by atoms with van der Waals surface area (Å²) in [4.78, 5) is 28.9. The molecule has 0 saturated heterocycles. The van der Waals surface area contributed by atoms with Crippen molar-refractivity contribution in [2.75, 3.05) is 31.6 Å². The van der Waals surface area contributed by atoms with Gasteiger partial charge in [-0.05, 0) is 48.2 Å². The van der Waals surface area contributed by atoms with Crippen LogP contribution in [0.15, 0.2) is 77.7 Å². The number of anilines is 1. The van der Waals surface area contributed by atoms with E-state index in [9.17, 15) is 18.0 Å². The van der Waals surface area contributed by atoms with Crippen LogP contribution in [0.4, 0.5) is 5.69 Å². The van der Waals surface area contributed by atoms with Gasteiger partial charge < -0.3 is 19.7 Å². The molecule has 2 amide bonds. The first-order valence-electron chi connectivity index (χ1n) is 13.6.